The summed E-state index contributed by atoms with van der Waals surface area (Å²) in [5.41, 5.74) is 8.82. The minimum Gasteiger partial charge on any atom is -0.329 e. The zero-order valence-electron chi connectivity index (χ0n) is 9.63. The van der Waals surface area contributed by atoms with E-state index in [-0.39, 0.29) is 12.6 Å². The number of rotatable bonds is 5. The molecule has 0 saturated carbocycles. The molecule has 0 aliphatic rings. The Labute approximate surface area is 94.8 Å². The number of hydrogen-bond donors (Lipinski definition) is 2. The summed E-state index contributed by atoms with van der Waals surface area (Å²) in [7, 11) is 0. The van der Waals surface area contributed by atoms with E-state index in [0.717, 1.165) is 16.7 Å². The molecular weight excluding hydrogens is 210 g/mol. The van der Waals surface area contributed by atoms with Gasteiger partial charge in [-0.25, -0.2) is 8.78 Å². The first kappa shape index (κ1) is 13.1. The normalized spacial score (nSPS) is 13.1. The lowest BCUT2D eigenvalue weighted by Crippen LogP contribution is -2.32. The average molecular weight is 228 g/mol. The number of nitrogens with one attached hydrogen (secondary N) is 1. The van der Waals surface area contributed by atoms with Crippen LogP contribution in [0.15, 0.2) is 18.2 Å². The molecule has 0 bridgehead atoms. The predicted molar refractivity (Wildman–Crippen MR) is 61.7 cm³/mol. The molecule has 16 heavy (non-hydrogen) atoms. The fraction of sp³-hybridized carbons (Fsp3) is 0.500. The van der Waals surface area contributed by atoms with E-state index in [1.54, 1.807) is 0 Å². The Bertz CT molecular complexity index is 340. The van der Waals surface area contributed by atoms with Gasteiger partial charge in [0.15, 0.2) is 0 Å². The predicted octanol–water partition coefficient (Wildman–Crippen LogP) is 2.16. The summed E-state index contributed by atoms with van der Waals surface area (Å²) in [6, 6.07) is 5.74. The lowest BCUT2D eigenvalue weighted by Gasteiger charge is -2.19. The second kappa shape index (κ2) is 5.92. The van der Waals surface area contributed by atoms with Crippen LogP contribution >= 0.6 is 0 Å². The Morgan fingerprint density at radius 2 is 2.00 bits per heavy atom. The van der Waals surface area contributed by atoms with E-state index in [1.807, 2.05) is 32.0 Å². The van der Waals surface area contributed by atoms with E-state index >= 15 is 0 Å². The van der Waals surface area contributed by atoms with Crippen LogP contribution in [-0.2, 0) is 0 Å². The van der Waals surface area contributed by atoms with Crippen LogP contribution in [0.3, 0.4) is 0 Å². The van der Waals surface area contributed by atoms with Crippen molar-refractivity contribution in [2.75, 3.05) is 13.1 Å². The Kier molecular flexibility index (Phi) is 4.83. The molecule has 0 saturated heterocycles. The van der Waals surface area contributed by atoms with Crippen molar-refractivity contribution in [1.29, 1.82) is 0 Å². The van der Waals surface area contributed by atoms with E-state index in [2.05, 4.69) is 5.32 Å². The minimum atomic E-state index is -2.35. The summed E-state index contributed by atoms with van der Waals surface area (Å²) in [4.78, 5) is 0. The van der Waals surface area contributed by atoms with E-state index in [4.69, 9.17) is 5.73 Å². The number of benzene rings is 1. The van der Waals surface area contributed by atoms with Gasteiger partial charge in [-0.05, 0) is 25.0 Å². The summed E-state index contributed by atoms with van der Waals surface area (Å²) in [6.45, 7) is 3.96. The molecular formula is C12H18F2N2. The van der Waals surface area contributed by atoms with Crippen molar-refractivity contribution in [1.82, 2.24) is 5.32 Å². The first-order valence-electron chi connectivity index (χ1n) is 5.33. The molecule has 1 aromatic carbocycles. The number of hydrogen-bond acceptors (Lipinski definition) is 2. The second-order valence-corrected chi connectivity index (χ2v) is 3.95. The first-order valence-corrected chi connectivity index (χ1v) is 5.33. The third kappa shape index (κ3) is 3.54. The maximum Gasteiger partial charge on any atom is 0.250 e. The maximum absolute atomic E-state index is 12.1. The van der Waals surface area contributed by atoms with Gasteiger partial charge in [-0.2, -0.15) is 0 Å². The smallest absolute Gasteiger partial charge is 0.250 e. The van der Waals surface area contributed by atoms with Crippen molar-refractivity contribution in [3.63, 3.8) is 0 Å². The topological polar surface area (TPSA) is 38.0 Å². The van der Waals surface area contributed by atoms with Crippen molar-refractivity contribution in [2.45, 2.75) is 26.3 Å². The SMILES string of the molecule is Cc1ccc(C(CN)NCC(F)F)c(C)c1. The Hall–Kier alpha value is -1.00. The molecule has 1 unspecified atom stereocenters. The van der Waals surface area contributed by atoms with Gasteiger partial charge in [-0.3, -0.25) is 0 Å². The van der Waals surface area contributed by atoms with Gasteiger partial charge in [-0.1, -0.05) is 23.8 Å². The molecule has 0 fully saturated rings. The Balaban J connectivity index is 2.78. The lowest BCUT2D eigenvalue weighted by atomic mass is 9.99. The van der Waals surface area contributed by atoms with Crippen LogP contribution in [0.25, 0.3) is 0 Å². The molecule has 1 aromatic rings. The van der Waals surface area contributed by atoms with Crippen LogP contribution in [0.1, 0.15) is 22.7 Å². The fourth-order valence-corrected chi connectivity index (χ4v) is 1.77. The van der Waals surface area contributed by atoms with Gasteiger partial charge in [-0.15, -0.1) is 0 Å². The fourth-order valence-electron chi connectivity index (χ4n) is 1.77. The largest absolute Gasteiger partial charge is 0.329 e. The van der Waals surface area contributed by atoms with Gasteiger partial charge in [0.05, 0.1) is 6.54 Å². The van der Waals surface area contributed by atoms with Crippen LogP contribution in [0, 0.1) is 13.8 Å². The van der Waals surface area contributed by atoms with E-state index < -0.39 is 6.43 Å². The Morgan fingerprint density at radius 3 is 2.50 bits per heavy atom. The van der Waals surface area contributed by atoms with Gasteiger partial charge in [0.25, 0.3) is 6.43 Å². The number of nitrogens with two attached hydrogens (primary N) is 1. The summed E-state index contributed by atoms with van der Waals surface area (Å²) in [6.07, 6.45) is -2.35. The highest BCUT2D eigenvalue weighted by atomic mass is 19.3. The number of aryl methyl sites for hydroxylation is 2. The maximum atomic E-state index is 12.1. The standard InChI is InChI=1S/C12H18F2N2/c1-8-3-4-10(9(2)5-8)11(6-15)16-7-12(13)14/h3-5,11-12,16H,6-7,15H2,1-2H3. The van der Waals surface area contributed by atoms with Crippen LogP contribution in [0.4, 0.5) is 8.78 Å². The van der Waals surface area contributed by atoms with Gasteiger partial charge < -0.3 is 11.1 Å². The molecule has 0 heterocycles. The molecule has 0 amide bonds. The van der Waals surface area contributed by atoms with Crippen molar-refractivity contribution in [3.8, 4) is 0 Å². The number of halogens is 2. The molecule has 0 radical (unpaired) electrons. The zero-order chi connectivity index (χ0) is 12.1. The zero-order valence-corrected chi connectivity index (χ0v) is 9.63. The quantitative estimate of drug-likeness (QED) is 0.810. The highest BCUT2D eigenvalue weighted by molar-refractivity contribution is 5.33. The lowest BCUT2D eigenvalue weighted by molar-refractivity contribution is 0.141. The molecule has 1 rings (SSSR count). The van der Waals surface area contributed by atoms with Crippen molar-refractivity contribution >= 4 is 0 Å². The minimum absolute atomic E-state index is 0.199. The Morgan fingerprint density at radius 1 is 1.31 bits per heavy atom. The van der Waals surface area contributed by atoms with Gasteiger partial charge in [0.1, 0.15) is 0 Å². The second-order valence-electron chi connectivity index (χ2n) is 3.95. The van der Waals surface area contributed by atoms with Crippen molar-refractivity contribution in [2.24, 2.45) is 5.73 Å². The van der Waals surface area contributed by atoms with Crippen molar-refractivity contribution in [3.05, 3.63) is 34.9 Å². The van der Waals surface area contributed by atoms with Gasteiger partial charge in [0.2, 0.25) is 0 Å². The molecule has 3 N–H and O–H groups in total. The summed E-state index contributed by atoms with van der Waals surface area (Å²) in [5, 5.41) is 2.77. The van der Waals surface area contributed by atoms with Gasteiger partial charge >= 0.3 is 0 Å². The summed E-state index contributed by atoms with van der Waals surface area (Å²) < 4.78 is 24.2. The third-order valence-corrected chi connectivity index (χ3v) is 2.55. The molecule has 0 aromatic heterocycles. The van der Waals surface area contributed by atoms with Crippen LogP contribution in [0.5, 0.6) is 0 Å². The first-order chi connectivity index (χ1) is 7.54. The van der Waals surface area contributed by atoms with E-state index in [1.165, 1.54) is 0 Å². The van der Waals surface area contributed by atoms with Crippen LogP contribution in [0.2, 0.25) is 0 Å². The molecule has 4 heteroatoms. The molecule has 2 nitrogen and oxygen atoms in total. The summed E-state index contributed by atoms with van der Waals surface area (Å²) in [5.74, 6) is 0. The highest BCUT2D eigenvalue weighted by Crippen LogP contribution is 2.18. The number of alkyl halides is 2. The van der Waals surface area contributed by atoms with E-state index in [0.29, 0.717) is 6.54 Å². The summed E-state index contributed by atoms with van der Waals surface area (Å²) >= 11 is 0. The highest BCUT2D eigenvalue weighted by Gasteiger charge is 2.13. The van der Waals surface area contributed by atoms with Crippen LogP contribution in [-0.4, -0.2) is 19.5 Å². The monoisotopic (exact) mass is 228 g/mol. The van der Waals surface area contributed by atoms with Crippen LogP contribution < -0.4 is 11.1 Å². The van der Waals surface area contributed by atoms with Gasteiger partial charge in [0, 0.05) is 12.6 Å². The molecule has 90 valence electrons. The molecule has 0 aliphatic carbocycles. The average Bonchev–Trinajstić information content (AvgIpc) is 2.21. The molecule has 1 atom stereocenters. The molecule has 0 spiro atoms. The third-order valence-electron chi connectivity index (χ3n) is 2.55. The van der Waals surface area contributed by atoms with E-state index in [9.17, 15) is 8.78 Å². The molecule has 0 aliphatic heterocycles. The van der Waals surface area contributed by atoms with Crippen molar-refractivity contribution < 1.29 is 8.78 Å².